The molecule has 0 radical (unpaired) electrons. The fourth-order valence-corrected chi connectivity index (χ4v) is 4.50. The van der Waals surface area contributed by atoms with E-state index >= 15 is 0 Å². The molecule has 0 aliphatic carbocycles. The van der Waals surface area contributed by atoms with Gasteiger partial charge in [-0.1, -0.05) is 18.2 Å². The summed E-state index contributed by atoms with van der Waals surface area (Å²) in [5, 5.41) is 6.64. The summed E-state index contributed by atoms with van der Waals surface area (Å²) in [4.78, 5) is 4.97. The van der Waals surface area contributed by atoms with Crippen molar-refractivity contribution in [3.63, 3.8) is 0 Å². The van der Waals surface area contributed by atoms with Crippen LogP contribution in [0.1, 0.15) is 33.6 Å². The third-order valence-electron chi connectivity index (χ3n) is 5.03. The molecular formula is C20H35IN4O3S. The van der Waals surface area contributed by atoms with E-state index in [-0.39, 0.29) is 29.6 Å². The van der Waals surface area contributed by atoms with Gasteiger partial charge in [-0.25, -0.2) is 8.42 Å². The lowest BCUT2D eigenvalue weighted by atomic mass is 9.98. The minimum atomic E-state index is -3.39. The van der Waals surface area contributed by atoms with Gasteiger partial charge in [-0.05, 0) is 51.7 Å². The molecule has 166 valence electrons. The van der Waals surface area contributed by atoms with E-state index in [2.05, 4.69) is 15.6 Å². The fraction of sp³-hybridized carbons (Fsp3) is 0.650. The SMILES string of the molecule is CCNC(=NCC(C)(C)OC)NCC1CCN(S(=O)(=O)c2ccccc2)CC1.I. The largest absolute Gasteiger partial charge is 0.377 e. The number of halogens is 1. The molecule has 1 saturated heterocycles. The standard InChI is InChI=1S/C20H34N4O3S.HI/c1-5-21-19(23-16-20(2,3)27-4)22-15-17-11-13-24(14-12-17)28(25,26)18-9-7-6-8-10-18;/h6-10,17H,5,11-16H2,1-4H3,(H2,21,22,23);1H. The minimum Gasteiger partial charge on any atom is -0.377 e. The van der Waals surface area contributed by atoms with Crippen molar-refractivity contribution in [2.75, 3.05) is 39.8 Å². The number of hydrogen-bond acceptors (Lipinski definition) is 4. The maximum Gasteiger partial charge on any atom is 0.243 e. The number of hydrogen-bond donors (Lipinski definition) is 2. The second kappa shape index (κ2) is 12.1. The topological polar surface area (TPSA) is 83.0 Å². The van der Waals surface area contributed by atoms with Gasteiger partial charge >= 0.3 is 0 Å². The molecule has 29 heavy (non-hydrogen) atoms. The maximum absolute atomic E-state index is 12.7. The molecule has 1 aliphatic heterocycles. The molecule has 1 heterocycles. The molecule has 1 aromatic carbocycles. The number of rotatable bonds is 8. The number of piperidine rings is 1. The molecule has 2 rings (SSSR count). The average molecular weight is 538 g/mol. The lowest BCUT2D eigenvalue weighted by Gasteiger charge is -2.31. The Kier molecular flexibility index (Phi) is 10.9. The van der Waals surface area contributed by atoms with Crippen molar-refractivity contribution in [3.05, 3.63) is 30.3 Å². The number of nitrogens with zero attached hydrogens (tertiary/aromatic N) is 2. The smallest absolute Gasteiger partial charge is 0.243 e. The summed E-state index contributed by atoms with van der Waals surface area (Å²) in [6.45, 7) is 9.26. The van der Waals surface area contributed by atoms with Crippen molar-refractivity contribution < 1.29 is 13.2 Å². The third-order valence-corrected chi connectivity index (χ3v) is 6.94. The maximum atomic E-state index is 12.7. The molecule has 0 bridgehead atoms. The first-order valence-electron chi connectivity index (χ1n) is 9.91. The summed E-state index contributed by atoms with van der Waals surface area (Å²) in [7, 11) is -1.70. The van der Waals surface area contributed by atoms with Crippen molar-refractivity contribution in [2.24, 2.45) is 10.9 Å². The van der Waals surface area contributed by atoms with Crippen molar-refractivity contribution in [1.29, 1.82) is 0 Å². The van der Waals surface area contributed by atoms with Gasteiger partial charge in [-0.15, -0.1) is 24.0 Å². The molecule has 9 heteroatoms. The van der Waals surface area contributed by atoms with Gasteiger partial charge in [0.2, 0.25) is 10.0 Å². The van der Waals surface area contributed by atoms with Crippen molar-refractivity contribution in [1.82, 2.24) is 14.9 Å². The molecule has 0 saturated carbocycles. The highest BCUT2D eigenvalue weighted by Crippen LogP contribution is 2.23. The highest BCUT2D eigenvalue weighted by Gasteiger charge is 2.29. The van der Waals surface area contributed by atoms with E-state index in [9.17, 15) is 8.42 Å². The molecule has 1 aromatic rings. The predicted octanol–water partition coefficient (Wildman–Crippen LogP) is 2.69. The van der Waals surface area contributed by atoms with Crippen LogP contribution in [0.2, 0.25) is 0 Å². The van der Waals surface area contributed by atoms with Gasteiger partial charge in [0.05, 0.1) is 17.0 Å². The van der Waals surface area contributed by atoms with Gasteiger partial charge in [0.1, 0.15) is 0 Å². The number of sulfonamides is 1. The van der Waals surface area contributed by atoms with Gasteiger partial charge in [0.25, 0.3) is 0 Å². The van der Waals surface area contributed by atoms with Gasteiger partial charge in [0, 0.05) is 33.3 Å². The summed E-state index contributed by atoms with van der Waals surface area (Å²) < 4.78 is 32.5. The summed E-state index contributed by atoms with van der Waals surface area (Å²) >= 11 is 0. The highest BCUT2D eigenvalue weighted by molar-refractivity contribution is 14.0. The van der Waals surface area contributed by atoms with Crippen molar-refractivity contribution >= 4 is 40.0 Å². The van der Waals surface area contributed by atoms with Gasteiger partial charge in [-0.3, -0.25) is 4.99 Å². The zero-order valence-corrected chi connectivity index (χ0v) is 21.0. The summed E-state index contributed by atoms with van der Waals surface area (Å²) in [5.41, 5.74) is -0.306. The van der Waals surface area contributed by atoms with Crippen LogP contribution in [0.3, 0.4) is 0 Å². The predicted molar refractivity (Wildman–Crippen MR) is 128 cm³/mol. The highest BCUT2D eigenvalue weighted by atomic mass is 127. The van der Waals surface area contributed by atoms with E-state index in [1.807, 2.05) is 26.8 Å². The van der Waals surface area contributed by atoms with Crippen LogP contribution >= 0.6 is 24.0 Å². The summed E-state index contributed by atoms with van der Waals surface area (Å²) in [6, 6.07) is 8.66. The Labute approximate surface area is 192 Å². The Bertz CT molecular complexity index is 733. The Morgan fingerprint density at radius 1 is 1.21 bits per heavy atom. The lowest BCUT2D eigenvalue weighted by molar-refractivity contribution is 0.0310. The van der Waals surface area contributed by atoms with E-state index < -0.39 is 10.0 Å². The van der Waals surface area contributed by atoms with Crippen molar-refractivity contribution in [2.45, 2.75) is 44.1 Å². The lowest BCUT2D eigenvalue weighted by Crippen LogP contribution is -2.44. The Hall–Kier alpha value is -0.910. The molecule has 0 unspecified atom stereocenters. The minimum absolute atomic E-state index is 0. The van der Waals surface area contributed by atoms with Crippen LogP contribution in [-0.2, 0) is 14.8 Å². The van der Waals surface area contributed by atoms with E-state index in [4.69, 9.17) is 4.74 Å². The number of methoxy groups -OCH3 is 1. The zero-order chi connectivity index (χ0) is 20.6. The normalized spacial score (nSPS) is 16.9. The Morgan fingerprint density at radius 3 is 2.38 bits per heavy atom. The molecule has 1 fully saturated rings. The van der Waals surface area contributed by atoms with E-state index in [1.165, 1.54) is 0 Å². The molecule has 1 aliphatic rings. The average Bonchev–Trinajstić information content (AvgIpc) is 2.71. The molecule has 0 spiro atoms. The first-order chi connectivity index (χ1) is 13.3. The Morgan fingerprint density at radius 2 is 1.83 bits per heavy atom. The molecule has 0 aromatic heterocycles. The van der Waals surface area contributed by atoms with Crippen LogP contribution < -0.4 is 10.6 Å². The third kappa shape index (κ3) is 8.03. The number of benzene rings is 1. The van der Waals surface area contributed by atoms with E-state index in [1.54, 1.807) is 35.7 Å². The monoisotopic (exact) mass is 538 g/mol. The van der Waals surface area contributed by atoms with Crippen LogP contribution in [0.25, 0.3) is 0 Å². The van der Waals surface area contributed by atoms with Crippen LogP contribution in [0.15, 0.2) is 40.2 Å². The molecule has 0 amide bonds. The number of aliphatic imine (C=N–C) groups is 1. The Balaban J connectivity index is 0.00000420. The number of guanidine groups is 1. The molecule has 2 N–H and O–H groups in total. The first kappa shape index (κ1) is 26.1. The fourth-order valence-electron chi connectivity index (χ4n) is 3.01. The van der Waals surface area contributed by atoms with Gasteiger partial charge in [0.15, 0.2) is 5.96 Å². The molecular weight excluding hydrogens is 503 g/mol. The van der Waals surface area contributed by atoms with Crippen molar-refractivity contribution in [3.8, 4) is 0 Å². The van der Waals surface area contributed by atoms with Gasteiger partial charge < -0.3 is 15.4 Å². The van der Waals surface area contributed by atoms with E-state index in [0.29, 0.717) is 30.4 Å². The summed E-state index contributed by atoms with van der Waals surface area (Å²) in [6.07, 6.45) is 1.67. The van der Waals surface area contributed by atoms with Crippen LogP contribution in [0, 0.1) is 5.92 Å². The first-order valence-corrected chi connectivity index (χ1v) is 11.3. The van der Waals surface area contributed by atoms with E-state index in [0.717, 1.165) is 31.9 Å². The number of ether oxygens (including phenoxy) is 1. The molecule has 7 nitrogen and oxygen atoms in total. The van der Waals surface area contributed by atoms with Crippen LogP contribution in [-0.4, -0.2) is 64.1 Å². The van der Waals surface area contributed by atoms with Crippen LogP contribution in [0.5, 0.6) is 0 Å². The summed E-state index contributed by atoms with van der Waals surface area (Å²) in [5.74, 6) is 1.19. The molecule has 0 atom stereocenters. The quantitative estimate of drug-likeness (QED) is 0.302. The second-order valence-corrected chi connectivity index (χ2v) is 9.64. The second-order valence-electron chi connectivity index (χ2n) is 7.70. The number of nitrogens with one attached hydrogen (secondary N) is 2. The van der Waals surface area contributed by atoms with Crippen LogP contribution in [0.4, 0.5) is 0 Å². The van der Waals surface area contributed by atoms with Gasteiger partial charge in [-0.2, -0.15) is 4.31 Å². The zero-order valence-electron chi connectivity index (χ0n) is 17.8.